The maximum atomic E-state index is 13.0. The summed E-state index contributed by atoms with van der Waals surface area (Å²) in [4.78, 5) is 20.2. The SMILES string of the molecule is CCONC(=O)Nc1cc(-c2n[nH]c(C)n2)cc(C(F)(F)F)c1. The Bertz CT molecular complexity index is 699. The Balaban J connectivity index is 2.36. The molecule has 0 unspecified atom stereocenters. The number of hydrogen-bond acceptors (Lipinski definition) is 4. The van der Waals surface area contributed by atoms with Crippen LogP contribution in [0.25, 0.3) is 11.4 Å². The van der Waals surface area contributed by atoms with Gasteiger partial charge >= 0.3 is 12.2 Å². The van der Waals surface area contributed by atoms with Crippen LogP contribution in [0.3, 0.4) is 0 Å². The van der Waals surface area contributed by atoms with E-state index < -0.39 is 17.8 Å². The Morgan fingerprint density at radius 1 is 1.35 bits per heavy atom. The van der Waals surface area contributed by atoms with E-state index >= 15 is 0 Å². The molecule has 124 valence electrons. The van der Waals surface area contributed by atoms with E-state index in [2.05, 4.69) is 25.3 Å². The molecule has 23 heavy (non-hydrogen) atoms. The van der Waals surface area contributed by atoms with Gasteiger partial charge in [-0.05, 0) is 32.0 Å². The highest BCUT2D eigenvalue weighted by atomic mass is 19.4. The zero-order valence-electron chi connectivity index (χ0n) is 12.3. The van der Waals surface area contributed by atoms with Crippen LogP contribution in [0.2, 0.25) is 0 Å². The minimum Gasteiger partial charge on any atom is -0.306 e. The highest BCUT2D eigenvalue weighted by Gasteiger charge is 2.31. The lowest BCUT2D eigenvalue weighted by Crippen LogP contribution is -2.28. The third kappa shape index (κ3) is 4.42. The smallest absolute Gasteiger partial charge is 0.306 e. The number of hydroxylamine groups is 1. The molecule has 10 heteroatoms. The number of benzene rings is 1. The zero-order chi connectivity index (χ0) is 17.0. The fraction of sp³-hybridized carbons (Fsp3) is 0.308. The van der Waals surface area contributed by atoms with Crippen LogP contribution in [0.5, 0.6) is 0 Å². The van der Waals surface area contributed by atoms with Crippen LogP contribution in [0.1, 0.15) is 18.3 Å². The van der Waals surface area contributed by atoms with Crippen molar-refractivity contribution in [3.63, 3.8) is 0 Å². The van der Waals surface area contributed by atoms with Crippen LogP contribution < -0.4 is 10.8 Å². The Morgan fingerprint density at radius 3 is 2.65 bits per heavy atom. The molecule has 7 nitrogen and oxygen atoms in total. The summed E-state index contributed by atoms with van der Waals surface area (Å²) in [5.74, 6) is 0.558. The van der Waals surface area contributed by atoms with Crippen LogP contribution in [0.4, 0.5) is 23.7 Å². The molecular weight excluding hydrogens is 315 g/mol. The number of rotatable bonds is 4. The number of amides is 2. The largest absolute Gasteiger partial charge is 0.416 e. The lowest BCUT2D eigenvalue weighted by Gasteiger charge is -2.12. The molecule has 1 heterocycles. The van der Waals surface area contributed by atoms with Gasteiger partial charge in [0.2, 0.25) is 0 Å². The van der Waals surface area contributed by atoms with Crippen LogP contribution in [0.15, 0.2) is 18.2 Å². The molecule has 2 aromatic rings. The first kappa shape index (κ1) is 16.7. The minimum absolute atomic E-state index is 0.0607. The summed E-state index contributed by atoms with van der Waals surface area (Å²) < 4.78 is 39.0. The summed E-state index contributed by atoms with van der Waals surface area (Å²) in [5, 5.41) is 8.64. The number of alkyl halides is 3. The van der Waals surface area contributed by atoms with Crippen molar-refractivity contribution in [2.24, 2.45) is 0 Å². The quantitative estimate of drug-likeness (QED) is 0.752. The minimum atomic E-state index is -4.58. The zero-order valence-corrected chi connectivity index (χ0v) is 12.3. The maximum absolute atomic E-state index is 13.0. The first-order chi connectivity index (χ1) is 10.8. The summed E-state index contributed by atoms with van der Waals surface area (Å²) in [7, 11) is 0. The summed E-state index contributed by atoms with van der Waals surface area (Å²) in [5.41, 5.74) is 1.17. The fourth-order valence-electron chi connectivity index (χ4n) is 1.76. The molecule has 0 spiro atoms. The number of carbonyl (C=O) groups excluding carboxylic acids is 1. The van der Waals surface area contributed by atoms with Gasteiger partial charge in [-0.25, -0.2) is 15.3 Å². The maximum Gasteiger partial charge on any atom is 0.416 e. The molecule has 0 saturated carbocycles. The van der Waals surface area contributed by atoms with E-state index in [1.165, 1.54) is 6.07 Å². The Labute approximate surface area is 129 Å². The van der Waals surface area contributed by atoms with Gasteiger partial charge < -0.3 is 5.32 Å². The van der Waals surface area contributed by atoms with Crippen molar-refractivity contribution in [3.8, 4) is 11.4 Å². The second-order valence-corrected chi connectivity index (χ2v) is 4.53. The number of aromatic amines is 1. The number of halogens is 3. The van der Waals surface area contributed by atoms with Crippen molar-refractivity contribution < 1.29 is 22.8 Å². The highest BCUT2D eigenvalue weighted by Crippen LogP contribution is 2.34. The summed E-state index contributed by atoms with van der Waals surface area (Å²) in [6.07, 6.45) is -4.58. The highest BCUT2D eigenvalue weighted by molar-refractivity contribution is 5.89. The summed E-state index contributed by atoms with van der Waals surface area (Å²) >= 11 is 0. The number of nitrogens with one attached hydrogen (secondary N) is 3. The molecule has 1 aromatic carbocycles. The molecule has 0 radical (unpaired) electrons. The van der Waals surface area contributed by atoms with Crippen molar-refractivity contribution in [2.45, 2.75) is 20.0 Å². The van der Waals surface area contributed by atoms with Gasteiger partial charge in [-0.15, -0.1) is 0 Å². The van der Waals surface area contributed by atoms with Crippen molar-refractivity contribution in [1.82, 2.24) is 20.7 Å². The van der Waals surface area contributed by atoms with Gasteiger partial charge in [0.1, 0.15) is 5.82 Å². The van der Waals surface area contributed by atoms with Crippen molar-refractivity contribution in [3.05, 3.63) is 29.6 Å². The van der Waals surface area contributed by atoms with Gasteiger partial charge in [-0.1, -0.05) is 0 Å². The van der Waals surface area contributed by atoms with E-state index in [0.29, 0.717) is 5.82 Å². The molecule has 0 aliphatic heterocycles. The first-order valence-electron chi connectivity index (χ1n) is 6.60. The third-order valence-corrected chi connectivity index (χ3v) is 2.68. The standard InChI is InChI=1S/C13H14F3N5O2/c1-3-23-21-12(22)18-10-5-8(11-17-7(2)19-20-11)4-9(6-10)13(14,15)16/h4-6H,3H2,1-2H3,(H,17,19,20)(H2,18,21,22). The average molecular weight is 329 g/mol. The topological polar surface area (TPSA) is 91.9 Å². The van der Waals surface area contributed by atoms with Gasteiger partial charge in [0.15, 0.2) is 5.82 Å². The number of hydrogen-bond donors (Lipinski definition) is 3. The lowest BCUT2D eigenvalue weighted by molar-refractivity contribution is -0.137. The molecule has 0 bridgehead atoms. The normalized spacial score (nSPS) is 11.3. The monoisotopic (exact) mass is 329 g/mol. The van der Waals surface area contributed by atoms with Crippen LogP contribution in [-0.2, 0) is 11.0 Å². The molecule has 0 atom stereocenters. The van der Waals surface area contributed by atoms with Crippen molar-refractivity contribution in [2.75, 3.05) is 11.9 Å². The van der Waals surface area contributed by atoms with Gasteiger partial charge in [-0.2, -0.15) is 18.3 Å². The molecule has 1 aromatic heterocycles. The van der Waals surface area contributed by atoms with Crippen LogP contribution in [-0.4, -0.2) is 27.8 Å². The molecule has 3 N–H and O–H groups in total. The molecular formula is C13H14F3N5O2. The van der Waals surface area contributed by atoms with E-state index in [9.17, 15) is 18.0 Å². The van der Waals surface area contributed by atoms with E-state index in [4.69, 9.17) is 0 Å². The van der Waals surface area contributed by atoms with Gasteiger partial charge in [0, 0.05) is 11.3 Å². The lowest BCUT2D eigenvalue weighted by atomic mass is 10.1. The average Bonchev–Trinajstić information content (AvgIpc) is 2.90. The number of urea groups is 1. The number of carbonyl (C=O) groups is 1. The predicted molar refractivity (Wildman–Crippen MR) is 75.3 cm³/mol. The Morgan fingerprint density at radius 2 is 2.09 bits per heavy atom. The van der Waals surface area contributed by atoms with E-state index in [-0.39, 0.29) is 23.7 Å². The molecule has 2 rings (SSSR count). The predicted octanol–water partition coefficient (Wildman–Crippen LogP) is 2.87. The number of anilines is 1. The molecule has 0 aliphatic carbocycles. The Kier molecular flexibility index (Phi) is 4.84. The molecule has 0 saturated heterocycles. The summed E-state index contributed by atoms with van der Waals surface area (Å²) in [6, 6.07) is 2.27. The molecule has 2 amide bonds. The number of aryl methyl sites for hydroxylation is 1. The Hall–Kier alpha value is -2.62. The fourth-order valence-corrected chi connectivity index (χ4v) is 1.76. The number of H-pyrrole nitrogens is 1. The molecule has 0 fully saturated rings. The van der Waals surface area contributed by atoms with Crippen LogP contribution in [0, 0.1) is 6.92 Å². The van der Waals surface area contributed by atoms with Gasteiger partial charge in [0.25, 0.3) is 0 Å². The van der Waals surface area contributed by atoms with Crippen molar-refractivity contribution in [1.29, 1.82) is 0 Å². The second-order valence-electron chi connectivity index (χ2n) is 4.53. The van der Waals surface area contributed by atoms with E-state index in [1.807, 2.05) is 5.48 Å². The van der Waals surface area contributed by atoms with E-state index in [1.54, 1.807) is 13.8 Å². The third-order valence-electron chi connectivity index (χ3n) is 2.68. The van der Waals surface area contributed by atoms with Crippen LogP contribution >= 0.6 is 0 Å². The van der Waals surface area contributed by atoms with E-state index in [0.717, 1.165) is 12.1 Å². The van der Waals surface area contributed by atoms with Crippen molar-refractivity contribution >= 4 is 11.7 Å². The second kappa shape index (κ2) is 6.65. The molecule has 0 aliphatic rings. The first-order valence-corrected chi connectivity index (χ1v) is 6.60. The number of aromatic nitrogens is 3. The van der Waals surface area contributed by atoms with Gasteiger partial charge in [-0.3, -0.25) is 9.94 Å². The van der Waals surface area contributed by atoms with Gasteiger partial charge in [0.05, 0.1) is 12.2 Å². The number of nitrogens with zero attached hydrogens (tertiary/aromatic N) is 2. The summed E-state index contributed by atoms with van der Waals surface area (Å²) in [6.45, 7) is 3.49.